The topological polar surface area (TPSA) is 18.5 Å². The van der Waals surface area contributed by atoms with E-state index in [2.05, 4.69) is 17.7 Å². The first kappa shape index (κ1) is 20.7. The maximum absolute atomic E-state index is 13.9. The molecule has 0 saturated heterocycles. The fourth-order valence-electron chi connectivity index (χ4n) is 3.32. The summed E-state index contributed by atoms with van der Waals surface area (Å²) in [6.45, 7) is 5.57. The molecule has 1 fully saturated rings. The lowest BCUT2D eigenvalue weighted by molar-refractivity contribution is -0.275. The molecule has 2 nitrogen and oxygen atoms in total. The van der Waals surface area contributed by atoms with Gasteiger partial charge in [0.05, 0.1) is 0 Å². The van der Waals surface area contributed by atoms with Gasteiger partial charge in [-0.05, 0) is 74.1 Å². The van der Waals surface area contributed by atoms with Gasteiger partial charge in [0.25, 0.3) is 0 Å². The lowest BCUT2D eigenvalue weighted by Crippen LogP contribution is -2.18. The van der Waals surface area contributed by atoms with E-state index in [1.807, 2.05) is 6.92 Å². The van der Waals surface area contributed by atoms with E-state index in [4.69, 9.17) is 4.74 Å². The van der Waals surface area contributed by atoms with E-state index >= 15 is 0 Å². The minimum absolute atomic E-state index is 0.409. The van der Waals surface area contributed by atoms with Crippen molar-refractivity contribution in [2.24, 2.45) is 11.8 Å². The number of alkyl halides is 3. The second-order valence-electron chi connectivity index (χ2n) is 6.90. The van der Waals surface area contributed by atoms with Crippen molar-refractivity contribution in [2.45, 2.75) is 52.3 Å². The zero-order chi connectivity index (χ0) is 19.2. The van der Waals surface area contributed by atoms with Crippen LogP contribution in [0.2, 0.25) is 0 Å². The summed E-state index contributed by atoms with van der Waals surface area (Å²) in [5.41, 5.74) is 1.44. The molecule has 0 spiro atoms. The largest absolute Gasteiger partial charge is 0.573 e. The summed E-state index contributed by atoms with van der Waals surface area (Å²) in [6.07, 6.45) is 2.54. The monoisotopic (exact) mass is 374 g/mol. The third-order valence-electron chi connectivity index (χ3n) is 4.69. The summed E-state index contributed by atoms with van der Waals surface area (Å²) < 4.78 is 59.8. The van der Waals surface area contributed by atoms with Crippen LogP contribution in [0.5, 0.6) is 5.75 Å². The highest BCUT2D eigenvalue weighted by Gasteiger charge is 2.32. The van der Waals surface area contributed by atoms with Crippen LogP contribution < -0.4 is 4.74 Å². The zero-order valence-electron chi connectivity index (χ0n) is 15.2. The molecule has 0 amide bonds. The van der Waals surface area contributed by atoms with Crippen molar-refractivity contribution in [3.05, 3.63) is 35.7 Å². The molecule has 0 N–H and O–H groups in total. The Morgan fingerprint density at radius 1 is 1.19 bits per heavy atom. The SMILES string of the molecule is CCCOCC1CCC(C=C(C)c2ccc(OC(F)(F)F)c(F)c2)CC1. The fraction of sp³-hybridized carbons (Fsp3) is 0.600. The number of halogens is 4. The van der Waals surface area contributed by atoms with Gasteiger partial charge in [-0.3, -0.25) is 0 Å². The Morgan fingerprint density at radius 2 is 1.88 bits per heavy atom. The van der Waals surface area contributed by atoms with E-state index in [0.29, 0.717) is 17.4 Å². The van der Waals surface area contributed by atoms with Crippen LogP contribution in [0.4, 0.5) is 17.6 Å². The molecule has 2 rings (SSSR count). The summed E-state index contributed by atoms with van der Waals surface area (Å²) in [4.78, 5) is 0. The minimum Gasteiger partial charge on any atom is -0.403 e. The Hall–Kier alpha value is -1.56. The predicted molar refractivity (Wildman–Crippen MR) is 93.3 cm³/mol. The molecule has 0 bridgehead atoms. The summed E-state index contributed by atoms with van der Waals surface area (Å²) in [5.74, 6) is -0.805. The molecule has 146 valence electrons. The first-order chi connectivity index (χ1) is 12.3. The first-order valence-corrected chi connectivity index (χ1v) is 9.10. The van der Waals surface area contributed by atoms with Gasteiger partial charge in [0.15, 0.2) is 11.6 Å². The number of hydrogen-bond acceptors (Lipinski definition) is 2. The van der Waals surface area contributed by atoms with Crippen molar-refractivity contribution in [3.8, 4) is 5.75 Å². The van der Waals surface area contributed by atoms with E-state index in [-0.39, 0.29) is 0 Å². The quantitative estimate of drug-likeness (QED) is 0.408. The van der Waals surface area contributed by atoms with Crippen LogP contribution in [0.15, 0.2) is 24.3 Å². The average Bonchev–Trinajstić information content (AvgIpc) is 2.57. The molecular formula is C20H26F4O2. The molecule has 0 heterocycles. The van der Waals surface area contributed by atoms with Gasteiger partial charge in [-0.15, -0.1) is 13.2 Å². The molecule has 1 saturated carbocycles. The standard InChI is InChI=1S/C20H26F4O2/c1-3-10-25-13-16-6-4-15(5-7-16)11-14(2)17-8-9-19(18(21)12-17)26-20(22,23)24/h8-9,11-12,15-16H,3-7,10,13H2,1-2H3. The molecule has 0 aromatic heterocycles. The Morgan fingerprint density at radius 3 is 2.46 bits per heavy atom. The van der Waals surface area contributed by atoms with Crippen LogP contribution in [-0.2, 0) is 4.74 Å². The predicted octanol–water partition coefficient (Wildman–Crippen LogP) is 6.36. The van der Waals surface area contributed by atoms with Gasteiger partial charge in [-0.2, -0.15) is 0 Å². The maximum Gasteiger partial charge on any atom is 0.573 e. The van der Waals surface area contributed by atoms with Crippen LogP contribution in [0.3, 0.4) is 0 Å². The van der Waals surface area contributed by atoms with Gasteiger partial charge >= 0.3 is 6.36 Å². The highest BCUT2D eigenvalue weighted by molar-refractivity contribution is 5.64. The van der Waals surface area contributed by atoms with Crippen molar-refractivity contribution in [3.63, 3.8) is 0 Å². The molecule has 1 aliphatic carbocycles. The zero-order valence-corrected chi connectivity index (χ0v) is 15.2. The van der Waals surface area contributed by atoms with Gasteiger partial charge in [-0.1, -0.05) is 19.1 Å². The van der Waals surface area contributed by atoms with Crippen LogP contribution in [0.25, 0.3) is 5.57 Å². The maximum atomic E-state index is 13.9. The van der Waals surface area contributed by atoms with E-state index in [1.54, 1.807) is 0 Å². The van der Waals surface area contributed by atoms with Crippen LogP contribution in [0.1, 0.15) is 51.5 Å². The Labute approximate surface area is 152 Å². The van der Waals surface area contributed by atoms with E-state index < -0.39 is 17.9 Å². The molecule has 0 radical (unpaired) electrons. The highest BCUT2D eigenvalue weighted by atomic mass is 19.4. The van der Waals surface area contributed by atoms with Crippen molar-refractivity contribution < 1.29 is 27.0 Å². The van der Waals surface area contributed by atoms with E-state index in [0.717, 1.165) is 63.0 Å². The van der Waals surface area contributed by atoms with E-state index in [9.17, 15) is 17.6 Å². The molecule has 1 aromatic carbocycles. The lowest BCUT2D eigenvalue weighted by atomic mass is 9.81. The van der Waals surface area contributed by atoms with Crippen molar-refractivity contribution in [1.82, 2.24) is 0 Å². The number of rotatable bonds is 7. The van der Waals surface area contributed by atoms with E-state index in [1.165, 1.54) is 6.07 Å². The third kappa shape index (κ3) is 6.63. The summed E-state index contributed by atoms with van der Waals surface area (Å²) >= 11 is 0. The summed E-state index contributed by atoms with van der Waals surface area (Å²) in [6, 6.07) is 3.58. The van der Waals surface area contributed by atoms with Gasteiger partial charge in [-0.25, -0.2) is 4.39 Å². The second kappa shape index (κ2) is 9.40. The molecule has 0 unspecified atom stereocenters. The normalized spacial score (nSPS) is 21.7. The average molecular weight is 374 g/mol. The van der Waals surface area contributed by atoms with Crippen molar-refractivity contribution >= 4 is 5.57 Å². The first-order valence-electron chi connectivity index (χ1n) is 9.10. The molecule has 1 aromatic rings. The van der Waals surface area contributed by atoms with Gasteiger partial charge in [0.2, 0.25) is 0 Å². The number of ether oxygens (including phenoxy) is 2. The van der Waals surface area contributed by atoms with Gasteiger partial charge in [0, 0.05) is 13.2 Å². The molecule has 26 heavy (non-hydrogen) atoms. The van der Waals surface area contributed by atoms with Crippen molar-refractivity contribution in [2.75, 3.05) is 13.2 Å². The van der Waals surface area contributed by atoms with Crippen molar-refractivity contribution in [1.29, 1.82) is 0 Å². The molecule has 0 aliphatic heterocycles. The highest BCUT2D eigenvalue weighted by Crippen LogP contribution is 2.33. The van der Waals surface area contributed by atoms with Crippen LogP contribution >= 0.6 is 0 Å². The molecule has 0 atom stereocenters. The molecular weight excluding hydrogens is 348 g/mol. The fourth-order valence-corrected chi connectivity index (χ4v) is 3.32. The third-order valence-corrected chi connectivity index (χ3v) is 4.69. The Bertz CT molecular complexity index is 602. The number of allylic oxidation sites excluding steroid dienone is 2. The molecule has 6 heteroatoms. The van der Waals surface area contributed by atoms with Gasteiger partial charge < -0.3 is 9.47 Å². The Kier molecular flexibility index (Phi) is 7.50. The Balaban J connectivity index is 1.92. The number of benzene rings is 1. The van der Waals surface area contributed by atoms with Crippen LogP contribution in [0, 0.1) is 17.7 Å². The lowest BCUT2D eigenvalue weighted by Gasteiger charge is -2.27. The van der Waals surface area contributed by atoms with Crippen LogP contribution in [-0.4, -0.2) is 19.6 Å². The second-order valence-corrected chi connectivity index (χ2v) is 6.90. The smallest absolute Gasteiger partial charge is 0.403 e. The summed E-state index contributed by atoms with van der Waals surface area (Å²) in [5, 5.41) is 0. The molecule has 1 aliphatic rings. The number of hydrogen-bond donors (Lipinski definition) is 0. The van der Waals surface area contributed by atoms with Gasteiger partial charge in [0.1, 0.15) is 0 Å². The minimum atomic E-state index is -4.90. The summed E-state index contributed by atoms with van der Waals surface area (Å²) in [7, 11) is 0.